The van der Waals surface area contributed by atoms with E-state index in [1.165, 1.54) is 38.5 Å². The van der Waals surface area contributed by atoms with Gasteiger partial charge in [-0.05, 0) is 32.7 Å². The summed E-state index contributed by atoms with van der Waals surface area (Å²) in [7, 11) is 2.29. The molecule has 0 saturated heterocycles. The molecule has 0 aromatic heterocycles. The van der Waals surface area contributed by atoms with Crippen LogP contribution in [0.4, 0.5) is 0 Å². The van der Waals surface area contributed by atoms with Crippen LogP contribution in [0.1, 0.15) is 64.2 Å². The predicted octanol–water partition coefficient (Wildman–Crippen LogP) is 3.15. The van der Waals surface area contributed by atoms with Gasteiger partial charge < -0.3 is 4.90 Å². The van der Waals surface area contributed by atoms with E-state index in [0.29, 0.717) is 11.8 Å². The number of Topliss-reactive ketones (excluding diaryl/α,β-unsaturated/α-hetero) is 1. The first-order chi connectivity index (χ1) is 7.77. The third kappa shape index (κ3) is 3.07. The molecule has 2 saturated carbocycles. The number of rotatable bonds is 2. The molecule has 2 rings (SSSR count). The highest BCUT2D eigenvalue weighted by atomic mass is 16.1. The van der Waals surface area contributed by atoms with E-state index in [-0.39, 0.29) is 0 Å². The maximum Gasteiger partial charge on any atom is 0.133 e. The Balaban J connectivity index is 1.85. The van der Waals surface area contributed by atoms with Crippen molar-refractivity contribution in [3.05, 3.63) is 0 Å². The SMILES string of the molecule is CN(C1CCCCCC1)C1CCC(=O)CC1. The minimum atomic E-state index is 0.477. The van der Waals surface area contributed by atoms with Gasteiger partial charge in [-0.3, -0.25) is 4.79 Å². The summed E-state index contributed by atoms with van der Waals surface area (Å²) >= 11 is 0. The third-order valence-electron chi connectivity index (χ3n) is 4.49. The third-order valence-corrected chi connectivity index (χ3v) is 4.49. The number of nitrogens with zero attached hydrogens (tertiary/aromatic N) is 1. The molecule has 0 N–H and O–H groups in total. The molecule has 0 aromatic carbocycles. The molecule has 0 atom stereocenters. The molecule has 2 aliphatic carbocycles. The Hall–Kier alpha value is -0.370. The van der Waals surface area contributed by atoms with Gasteiger partial charge in [-0.2, -0.15) is 0 Å². The van der Waals surface area contributed by atoms with Crippen LogP contribution in [-0.2, 0) is 4.79 Å². The van der Waals surface area contributed by atoms with Crippen LogP contribution in [0.2, 0.25) is 0 Å². The largest absolute Gasteiger partial charge is 0.300 e. The average molecular weight is 223 g/mol. The van der Waals surface area contributed by atoms with E-state index in [2.05, 4.69) is 11.9 Å². The standard InChI is InChI=1S/C14H25NO/c1-15(12-6-4-2-3-5-7-12)13-8-10-14(16)11-9-13/h12-13H,2-11H2,1H3. The van der Waals surface area contributed by atoms with Crippen LogP contribution in [0.25, 0.3) is 0 Å². The van der Waals surface area contributed by atoms with Crippen molar-refractivity contribution in [2.45, 2.75) is 76.3 Å². The van der Waals surface area contributed by atoms with Crippen LogP contribution in [0, 0.1) is 0 Å². The van der Waals surface area contributed by atoms with Crippen LogP contribution in [0.15, 0.2) is 0 Å². The summed E-state index contributed by atoms with van der Waals surface area (Å²) in [6, 6.07) is 1.47. The molecule has 2 aliphatic rings. The number of carbonyl (C=O) groups excluding carboxylic acids is 1. The molecule has 0 unspecified atom stereocenters. The molecule has 16 heavy (non-hydrogen) atoms. The molecule has 0 heterocycles. The van der Waals surface area contributed by atoms with Crippen LogP contribution in [-0.4, -0.2) is 29.8 Å². The first-order valence-corrected chi connectivity index (χ1v) is 7.01. The molecule has 0 radical (unpaired) electrons. The summed E-state index contributed by atoms with van der Waals surface area (Å²) in [5.41, 5.74) is 0. The van der Waals surface area contributed by atoms with Crippen molar-refractivity contribution in [2.24, 2.45) is 0 Å². The van der Waals surface area contributed by atoms with Crippen LogP contribution in [0.3, 0.4) is 0 Å². The molecule has 2 heteroatoms. The second kappa shape index (κ2) is 5.81. The smallest absolute Gasteiger partial charge is 0.133 e. The van der Waals surface area contributed by atoms with E-state index in [1.54, 1.807) is 0 Å². The highest BCUT2D eigenvalue weighted by Gasteiger charge is 2.27. The van der Waals surface area contributed by atoms with Gasteiger partial charge in [0.2, 0.25) is 0 Å². The number of hydrogen-bond donors (Lipinski definition) is 0. The summed E-state index contributed by atoms with van der Waals surface area (Å²) in [5, 5.41) is 0. The van der Waals surface area contributed by atoms with E-state index in [4.69, 9.17) is 0 Å². The summed E-state index contributed by atoms with van der Waals surface area (Å²) in [6.07, 6.45) is 12.3. The lowest BCUT2D eigenvalue weighted by molar-refractivity contribution is -0.121. The van der Waals surface area contributed by atoms with Gasteiger partial charge in [0.25, 0.3) is 0 Å². The lowest BCUT2D eigenvalue weighted by atomic mass is 9.91. The van der Waals surface area contributed by atoms with Crippen molar-refractivity contribution >= 4 is 5.78 Å². The molecular formula is C14H25NO. The number of ketones is 1. The Morgan fingerprint density at radius 3 is 1.94 bits per heavy atom. The summed E-state index contributed by atoms with van der Waals surface area (Å²) in [4.78, 5) is 13.8. The zero-order valence-electron chi connectivity index (χ0n) is 10.6. The monoisotopic (exact) mass is 223 g/mol. The molecule has 2 nitrogen and oxygen atoms in total. The summed E-state index contributed by atoms with van der Waals surface area (Å²) in [6.45, 7) is 0. The van der Waals surface area contributed by atoms with Crippen LogP contribution in [0.5, 0.6) is 0 Å². The molecular weight excluding hydrogens is 198 g/mol. The van der Waals surface area contributed by atoms with E-state index in [9.17, 15) is 4.79 Å². The second-order valence-electron chi connectivity index (χ2n) is 5.58. The fraction of sp³-hybridized carbons (Fsp3) is 0.929. The minimum absolute atomic E-state index is 0.477. The van der Waals surface area contributed by atoms with Crippen molar-refractivity contribution in [2.75, 3.05) is 7.05 Å². The van der Waals surface area contributed by atoms with Crippen molar-refractivity contribution < 1.29 is 4.79 Å². The highest BCUT2D eigenvalue weighted by molar-refractivity contribution is 5.79. The fourth-order valence-corrected chi connectivity index (χ4v) is 3.30. The van der Waals surface area contributed by atoms with Gasteiger partial charge in [-0.1, -0.05) is 25.7 Å². The number of hydrogen-bond acceptors (Lipinski definition) is 2. The topological polar surface area (TPSA) is 20.3 Å². The molecule has 0 bridgehead atoms. The lowest BCUT2D eigenvalue weighted by Gasteiger charge is -2.36. The Morgan fingerprint density at radius 2 is 1.38 bits per heavy atom. The Morgan fingerprint density at radius 1 is 0.875 bits per heavy atom. The van der Waals surface area contributed by atoms with Gasteiger partial charge in [-0.25, -0.2) is 0 Å². The number of carbonyl (C=O) groups is 1. The normalized spacial score (nSPS) is 26.0. The average Bonchev–Trinajstić information content (AvgIpc) is 2.57. The molecule has 0 spiro atoms. The van der Waals surface area contributed by atoms with Gasteiger partial charge >= 0.3 is 0 Å². The maximum atomic E-state index is 11.2. The molecule has 2 fully saturated rings. The van der Waals surface area contributed by atoms with E-state index in [0.717, 1.165) is 31.7 Å². The van der Waals surface area contributed by atoms with Gasteiger partial charge in [-0.15, -0.1) is 0 Å². The van der Waals surface area contributed by atoms with Crippen molar-refractivity contribution in [1.82, 2.24) is 4.90 Å². The van der Waals surface area contributed by atoms with Gasteiger partial charge in [0, 0.05) is 24.9 Å². The summed E-state index contributed by atoms with van der Waals surface area (Å²) < 4.78 is 0. The predicted molar refractivity (Wildman–Crippen MR) is 66.5 cm³/mol. The first kappa shape index (κ1) is 12.1. The van der Waals surface area contributed by atoms with E-state index in [1.807, 2.05) is 0 Å². The van der Waals surface area contributed by atoms with E-state index >= 15 is 0 Å². The Kier molecular flexibility index (Phi) is 4.39. The minimum Gasteiger partial charge on any atom is -0.300 e. The molecule has 0 aliphatic heterocycles. The highest BCUT2D eigenvalue weighted by Crippen LogP contribution is 2.27. The second-order valence-corrected chi connectivity index (χ2v) is 5.58. The van der Waals surface area contributed by atoms with E-state index < -0.39 is 0 Å². The Bertz CT molecular complexity index is 221. The van der Waals surface area contributed by atoms with Crippen LogP contribution >= 0.6 is 0 Å². The fourth-order valence-electron chi connectivity index (χ4n) is 3.30. The zero-order chi connectivity index (χ0) is 11.4. The van der Waals surface area contributed by atoms with Gasteiger partial charge in [0.1, 0.15) is 5.78 Å². The van der Waals surface area contributed by atoms with Crippen molar-refractivity contribution in [3.8, 4) is 0 Å². The first-order valence-electron chi connectivity index (χ1n) is 7.01. The Labute approximate surface area is 99.4 Å². The molecule has 92 valence electrons. The van der Waals surface area contributed by atoms with Gasteiger partial charge in [0.15, 0.2) is 0 Å². The van der Waals surface area contributed by atoms with Crippen molar-refractivity contribution in [3.63, 3.8) is 0 Å². The molecule has 0 amide bonds. The molecule has 0 aromatic rings. The van der Waals surface area contributed by atoms with Crippen LogP contribution < -0.4 is 0 Å². The van der Waals surface area contributed by atoms with Gasteiger partial charge in [0.05, 0.1) is 0 Å². The lowest BCUT2D eigenvalue weighted by Crippen LogP contribution is -2.42. The van der Waals surface area contributed by atoms with Crippen molar-refractivity contribution in [1.29, 1.82) is 0 Å². The summed E-state index contributed by atoms with van der Waals surface area (Å²) in [5.74, 6) is 0.477. The zero-order valence-corrected chi connectivity index (χ0v) is 10.6. The maximum absolute atomic E-state index is 11.2. The quantitative estimate of drug-likeness (QED) is 0.670.